The molecular weight excluding hydrogens is 408 g/mol. The number of halogens is 1. The number of nitrogens with zero attached hydrogens (tertiary/aromatic N) is 5. The third kappa shape index (κ3) is 4.11. The number of amides is 1. The Morgan fingerprint density at radius 3 is 2.93 bits per heavy atom. The van der Waals surface area contributed by atoms with Crippen molar-refractivity contribution in [1.82, 2.24) is 19.2 Å². The van der Waals surface area contributed by atoms with Crippen LogP contribution < -0.4 is 20.6 Å². The van der Waals surface area contributed by atoms with Crippen molar-refractivity contribution in [2.75, 3.05) is 30.4 Å². The summed E-state index contributed by atoms with van der Waals surface area (Å²) < 4.78 is 7.54. The highest BCUT2D eigenvalue weighted by Gasteiger charge is 2.19. The van der Waals surface area contributed by atoms with Crippen molar-refractivity contribution in [3.05, 3.63) is 46.0 Å². The highest BCUT2D eigenvalue weighted by Crippen LogP contribution is 2.27. The Hall–Kier alpha value is -3.07. The molecule has 1 atom stereocenters. The molecule has 3 aromatic rings. The number of ether oxygens (including phenoxy) is 1. The number of aromatic nitrogens is 4. The summed E-state index contributed by atoms with van der Waals surface area (Å²) in [5.74, 6) is 1.79. The number of carbonyl (C=O) groups excluding carboxylic acids is 1. The van der Waals surface area contributed by atoms with Gasteiger partial charge in [0.15, 0.2) is 0 Å². The van der Waals surface area contributed by atoms with Gasteiger partial charge in [-0.05, 0) is 43.0 Å². The van der Waals surface area contributed by atoms with Crippen molar-refractivity contribution in [1.29, 1.82) is 0 Å². The van der Waals surface area contributed by atoms with E-state index in [2.05, 4.69) is 27.2 Å². The molecule has 1 N–H and O–H groups in total. The average molecular weight is 431 g/mol. The summed E-state index contributed by atoms with van der Waals surface area (Å²) in [6.07, 6.45) is 3.98. The Morgan fingerprint density at radius 2 is 2.20 bits per heavy atom. The van der Waals surface area contributed by atoms with Gasteiger partial charge in [0.1, 0.15) is 18.1 Å². The van der Waals surface area contributed by atoms with E-state index in [1.807, 2.05) is 6.07 Å². The Balaban J connectivity index is 1.51. The van der Waals surface area contributed by atoms with Crippen LogP contribution in [0.3, 0.4) is 0 Å². The molecule has 0 bridgehead atoms. The van der Waals surface area contributed by atoms with Gasteiger partial charge in [-0.1, -0.05) is 18.5 Å². The molecular formula is C20H23ClN6O3. The Morgan fingerprint density at radius 1 is 1.37 bits per heavy atom. The summed E-state index contributed by atoms with van der Waals surface area (Å²) in [5.41, 5.74) is 0.0845. The third-order valence-electron chi connectivity index (χ3n) is 5.15. The first-order valence-corrected chi connectivity index (χ1v) is 10.2. The molecule has 1 aliphatic heterocycles. The standard InChI is InChI=1S/C20H23ClN6O3/c1-13-4-3-8-25(11-13)17-7-9-26-19(23-17)24-27(20(26)29)12-18(28)22-14-5-6-16(30-2)15(21)10-14/h5-7,9-10,13H,3-4,8,11-12H2,1-2H3,(H,22,28)/t13-/m0/s1. The van der Waals surface area contributed by atoms with Gasteiger partial charge in [-0.2, -0.15) is 4.98 Å². The fourth-order valence-corrected chi connectivity index (χ4v) is 3.91. The molecule has 1 fully saturated rings. The lowest BCUT2D eigenvalue weighted by atomic mass is 10.0. The van der Waals surface area contributed by atoms with Crippen molar-refractivity contribution < 1.29 is 9.53 Å². The summed E-state index contributed by atoms with van der Waals surface area (Å²) in [6, 6.07) is 6.72. The maximum atomic E-state index is 12.6. The highest BCUT2D eigenvalue weighted by molar-refractivity contribution is 6.32. The van der Waals surface area contributed by atoms with E-state index < -0.39 is 11.6 Å². The molecule has 1 aromatic carbocycles. The lowest BCUT2D eigenvalue weighted by Crippen LogP contribution is -2.34. The summed E-state index contributed by atoms with van der Waals surface area (Å²) in [6.45, 7) is 3.85. The molecule has 0 radical (unpaired) electrons. The van der Waals surface area contributed by atoms with Crippen LogP contribution in [0.15, 0.2) is 35.3 Å². The van der Waals surface area contributed by atoms with Crippen LogP contribution in [0.25, 0.3) is 5.78 Å². The molecule has 0 spiro atoms. The number of hydrogen-bond acceptors (Lipinski definition) is 6. The van der Waals surface area contributed by atoms with Gasteiger partial charge >= 0.3 is 5.69 Å². The maximum absolute atomic E-state index is 12.6. The summed E-state index contributed by atoms with van der Waals surface area (Å²) in [7, 11) is 1.51. The second-order valence-electron chi connectivity index (χ2n) is 7.49. The van der Waals surface area contributed by atoms with Crippen LogP contribution in [0.4, 0.5) is 11.5 Å². The number of rotatable bonds is 5. The van der Waals surface area contributed by atoms with E-state index in [9.17, 15) is 9.59 Å². The Kier molecular flexibility index (Phi) is 5.63. The summed E-state index contributed by atoms with van der Waals surface area (Å²) >= 11 is 6.08. The van der Waals surface area contributed by atoms with Crippen molar-refractivity contribution in [3.8, 4) is 5.75 Å². The maximum Gasteiger partial charge on any atom is 0.352 e. The predicted octanol–water partition coefficient (Wildman–Crippen LogP) is 2.43. The van der Waals surface area contributed by atoms with E-state index in [4.69, 9.17) is 16.3 Å². The predicted molar refractivity (Wildman–Crippen MR) is 114 cm³/mol. The van der Waals surface area contributed by atoms with Gasteiger partial charge in [0.2, 0.25) is 5.91 Å². The van der Waals surface area contributed by atoms with Crippen molar-refractivity contribution in [2.24, 2.45) is 5.92 Å². The smallest absolute Gasteiger partial charge is 0.352 e. The largest absolute Gasteiger partial charge is 0.495 e. The van der Waals surface area contributed by atoms with Gasteiger partial charge in [0.25, 0.3) is 5.78 Å². The molecule has 1 saturated heterocycles. The number of piperidine rings is 1. The van der Waals surface area contributed by atoms with E-state index in [1.165, 1.54) is 17.9 Å². The van der Waals surface area contributed by atoms with Crippen molar-refractivity contribution >= 4 is 34.8 Å². The number of benzene rings is 1. The van der Waals surface area contributed by atoms with Crippen LogP contribution in [-0.2, 0) is 11.3 Å². The van der Waals surface area contributed by atoms with E-state index >= 15 is 0 Å². The highest BCUT2D eigenvalue weighted by atomic mass is 35.5. The van der Waals surface area contributed by atoms with Crippen molar-refractivity contribution in [2.45, 2.75) is 26.3 Å². The number of anilines is 2. The Labute approximate surface area is 178 Å². The minimum atomic E-state index is -0.418. The molecule has 0 saturated carbocycles. The molecule has 1 amide bonds. The fraction of sp³-hybridized carbons (Fsp3) is 0.400. The number of hydrogen-bond donors (Lipinski definition) is 1. The van der Waals surface area contributed by atoms with Crippen LogP contribution in [0.2, 0.25) is 5.02 Å². The number of nitrogens with one attached hydrogen (secondary N) is 1. The lowest BCUT2D eigenvalue weighted by Gasteiger charge is -2.31. The molecule has 0 aliphatic carbocycles. The van der Waals surface area contributed by atoms with Crippen LogP contribution in [-0.4, -0.2) is 45.3 Å². The molecule has 30 heavy (non-hydrogen) atoms. The zero-order valence-corrected chi connectivity index (χ0v) is 17.6. The SMILES string of the molecule is COc1ccc(NC(=O)Cn2nc3nc(N4CCC[C@H](C)C4)ccn3c2=O)cc1Cl. The van der Waals surface area contributed by atoms with Crippen LogP contribution in [0.5, 0.6) is 5.75 Å². The van der Waals surface area contributed by atoms with Crippen LogP contribution in [0.1, 0.15) is 19.8 Å². The quantitative estimate of drug-likeness (QED) is 0.668. The van der Waals surface area contributed by atoms with Gasteiger partial charge in [0.05, 0.1) is 12.1 Å². The first-order chi connectivity index (χ1) is 14.4. The second-order valence-corrected chi connectivity index (χ2v) is 7.89. The lowest BCUT2D eigenvalue weighted by molar-refractivity contribution is -0.117. The molecule has 0 unspecified atom stereocenters. The first kappa shape index (κ1) is 20.2. The zero-order chi connectivity index (χ0) is 21.3. The minimum Gasteiger partial charge on any atom is -0.495 e. The van der Waals surface area contributed by atoms with Crippen LogP contribution in [0, 0.1) is 5.92 Å². The molecule has 1 aliphatic rings. The number of carbonyl (C=O) groups is 1. The van der Waals surface area contributed by atoms with E-state index in [-0.39, 0.29) is 12.3 Å². The van der Waals surface area contributed by atoms with Gasteiger partial charge in [-0.3, -0.25) is 4.79 Å². The number of fused-ring (bicyclic) bond motifs is 1. The van der Waals surface area contributed by atoms with Crippen LogP contribution >= 0.6 is 11.6 Å². The second kappa shape index (κ2) is 8.35. The average Bonchev–Trinajstić information content (AvgIpc) is 3.03. The molecule has 4 rings (SSSR count). The monoisotopic (exact) mass is 430 g/mol. The van der Waals surface area contributed by atoms with Crippen molar-refractivity contribution in [3.63, 3.8) is 0 Å². The van der Waals surface area contributed by atoms with Gasteiger partial charge in [0, 0.05) is 25.0 Å². The normalized spacial score (nSPS) is 16.6. The fourth-order valence-electron chi connectivity index (χ4n) is 3.65. The summed E-state index contributed by atoms with van der Waals surface area (Å²) in [5, 5.41) is 7.32. The molecule has 158 valence electrons. The molecule has 2 aromatic heterocycles. The van der Waals surface area contributed by atoms with Gasteiger partial charge in [-0.15, -0.1) is 5.10 Å². The summed E-state index contributed by atoms with van der Waals surface area (Å²) in [4.78, 5) is 31.7. The third-order valence-corrected chi connectivity index (χ3v) is 5.45. The number of methoxy groups -OCH3 is 1. The topological polar surface area (TPSA) is 93.8 Å². The molecule has 3 heterocycles. The van der Waals surface area contributed by atoms with E-state index in [0.29, 0.717) is 22.4 Å². The van der Waals surface area contributed by atoms with E-state index in [1.54, 1.807) is 24.4 Å². The van der Waals surface area contributed by atoms with E-state index in [0.717, 1.165) is 30.0 Å². The van der Waals surface area contributed by atoms with Gasteiger partial charge in [-0.25, -0.2) is 13.9 Å². The Bertz CT molecular complexity index is 1140. The first-order valence-electron chi connectivity index (χ1n) is 9.79. The molecule has 9 nitrogen and oxygen atoms in total. The minimum absolute atomic E-state index is 0.234. The molecule has 10 heteroatoms. The van der Waals surface area contributed by atoms with Gasteiger partial charge < -0.3 is 15.0 Å². The zero-order valence-electron chi connectivity index (χ0n) is 16.8.